The van der Waals surface area contributed by atoms with Crippen molar-refractivity contribution in [1.29, 1.82) is 0 Å². The van der Waals surface area contributed by atoms with Crippen molar-refractivity contribution in [3.63, 3.8) is 0 Å². The Balaban J connectivity index is 1.86. The number of carbonyl (C=O) groups excluding carboxylic acids is 1. The molecule has 1 amide bonds. The number of rotatable bonds is 5. The predicted molar refractivity (Wildman–Crippen MR) is 98.7 cm³/mol. The predicted octanol–water partition coefficient (Wildman–Crippen LogP) is 3.30. The van der Waals surface area contributed by atoms with Crippen molar-refractivity contribution in [2.24, 2.45) is 0 Å². The summed E-state index contributed by atoms with van der Waals surface area (Å²) in [7, 11) is -1.98. The second-order valence-corrected chi connectivity index (χ2v) is 8.77. The van der Waals surface area contributed by atoms with E-state index in [0.29, 0.717) is 18.8 Å². The maximum absolute atomic E-state index is 12.8. The zero-order chi connectivity index (χ0) is 18.9. The highest BCUT2D eigenvalue weighted by Crippen LogP contribution is 2.26. The molecule has 8 heteroatoms. The Hall–Kier alpha value is -1.83. The highest BCUT2D eigenvalue weighted by Gasteiger charge is 2.28. The first-order valence-corrected chi connectivity index (χ1v) is 10.2. The normalized spacial score (nSPS) is 15.3. The molecule has 1 fully saturated rings. The van der Waals surface area contributed by atoms with Crippen LogP contribution in [0.15, 0.2) is 39.6 Å². The number of hydrogen-bond acceptors (Lipinski definition) is 4. The monoisotopic (exact) mass is 396 g/mol. The molecule has 0 atom stereocenters. The third kappa shape index (κ3) is 3.79. The van der Waals surface area contributed by atoms with Crippen LogP contribution in [0.1, 0.15) is 34.7 Å². The molecule has 140 valence electrons. The largest absolute Gasteiger partial charge is 0.464 e. The fraction of sp³-hybridized carbons (Fsp3) is 0.389. The van der Waals surface area contributed by atoms with Crippen LogP contribution in [-0.2, 0) is 16.6 Å². The lowest BCUT2D eigenvalue weighted by atomic mass is 10.2. The molecule has 1 aliphatic heterocycles. The van der Waals surface area contributed by atoms with Gasteiger partial charge in [-0.3, -0.25) is 4.79 Å². The van der Waals surface area contributed by atoms with Gasteiger partial charge >= 0.3 is 0 Å². The lowest BCUT2D eigenvalue weighted by Gasteiger charge is -2.19. The van der Waals surface area contributed by atoms with Gasteiger partial charge in [0.05, 0.1) is 22.0 Å². The molecule has 0 spiro atoms. The first-order valence-electron chi connectivity index (χ1n) is 8.39. The standard InChI is InChI=1S/C18H21ClN2O4S/c1-13-5-6-14(25-13)12-20(2)18(22)16-11-15(7-8-17(16)19)26(23,24)21-9-3-4-10-21/h5-8,11H,3-4,9-10,12H2,1-2H3. The molecule has 0 saturated carbocycles. The summed E-state index contributed by atoms with van der Waals surface area (Å²) in [5.41, 5.74) is 0.165. The van der Waals surface area contributed by atoms with E-state index in [2.05, 4.69) is 0 Å². The van der Waals surface area contributed by atoms with E-state index in [9.17, 15) is 13.2 Å². The van der Waals surface area contributed by atoms with Gasteiger partial charge in [-0.05, 0) is 50.1 Å². The smallest absolute Gasteiger partial charge is 0.255 e. The zero-order valence-corrected chi connectivity index (χ0v) is 16.3. The van der Waals surface area contributed by atoms with E-state index in [4.69, 9.17) is 16.0 Å². The number of furan rings is 1. The number of benzene rings is 1. The number of sulfonamides is 1. The molecule has 3 rings (SSSR count). The minimum Gasteiger partial charge on any atom is -0.464 e. The Morgan fingerprint density at radius 1 is 1.23 bits per heavy atom. The van der Waals surface area contributed by atoms with Crippen LogP contribution in [-0.4, -0.2) is 43.7 Å². The molecule has 2 heterocycles. The SMILES string of the molecule is Cc1ccc(CN(C)C(=O)c2cc(S(=O)(=O)N3CCCC3)ccc2Cl)o1. The Kier molecular flexibility index (Phi) is 5.41. The van der Waals surface area contributed by atoms with Crippen LogP contribution in [0.3, 0.4) is 0 Å². The van der Waals surface area contributed by atoms with Crippen LogP contribution in [0.25, 0.3) is 0 Å². The Bertz CT molecular complexity index is 917. The summed E-state index contributed by atoms with van der Waals surface area (Å²) in [6.07, 6.45) is 1.70. The van der Waals surface area contributed by atoms with Crippen molar-refractivity contribution in [2.45, 2.75) is 31.2 Å². The average molecular weight is 397 g/mol. The van der Waals surface area contributed by atoms with Crippen molar-refractivity contribution in [3.8, 4) is 0 Å². The highest BCUT2D eigenvalue weighted by molar-refractivity contribution is 7.89. The van der Waals surface area contributed by atoms with Gasteiger partial charge in [-0.2, -0.15) is 4.31 Å². The van der Waals surface area contributed by atoms with Crippen molar-refractivity contribution >= 4 is 27.5 Å². The van der Waals surface area contributed by atoms with Crippen LogP contribution in [0.4, 0.5) is 0 Å². The maximum atomic E-state index is 12.8. The lowest BCUT2D eigenvalue weighted by Crippen LogP contribution is -2.29. The summed E-state index contributed by atoms with van der Waals surface area (Å²) >= 11 is 6.17. The molecule has 0 bridgehead atoms. The van der Waals surface area contributed by atoms with Crippen molar-refractivity contribution in [3.05, 3.63) is 52.4 Å². The molecule has 0 aliphatic carbocycles. The number of nitrogens with zero attached hydrogens (tertiary/aromatic N) is 2. The van der Waals surface area contributed by atoms with Crippen LogP contribution >= 0.6 is 11.6 Å². The first-order chi connectivity index (χ1) is 12.3. The summed E-state index contributed by atoms with van der Waals surface area (Å²) in [6, 6.07) is 7.90. The fourth-order valence-electron chi connectivity index (χ4n) is 2.99. The van der Waals surface area contributed by atoms with E-state index in [1.165, 1.54) is 27.4 Å². The van der Waals surface area contributed by atoms with Gasteiger partial charge in [0, 0.05) is 20.1 Å². The molecule has 1 saturated heterocycles. The van der Waals surface area contributed by atoms with Gasteiger partial charge in [0.25, 0.3) is 5.91 Å². The molecular formula is C18H21ClN2O4S. The van der Waals surface area contributed by atoms with E-state index in [-0.39, 0.29) is 27.9 Å². The fourth-order valence-corrected chi connectivity index (χ4v) is 4.73. The number of halogens is 1. The number of hydrogen-bond donors (Lipinski definition) is 0. The van der Waals surface area contributed by atoms with Crippen LogP contribution < -0.4 is 0 Å². The van der Waals surface area contributed by atoms with Crippen molar-refractivity contribution < 1.29 is 17.6 Å². The molecule has 1 aromatic carbocycles. The van der Waals surface area contributed by atoms with Gasteiger partial charge in [0.2, 0.25) is 10.0 Å². The third-order valence-electron chi connectivity index (χ3n) is 4.41. The number of carbonyl (C=O) groups is 1. The minimum absolute atomic E-state index is 0.0920. The van der Waals surface area contributed by atoms with Crippen molar-refractivity contribution in [1.82, 2.24) is 9.21 Å². The molecule has 0 radical (unpaired) electrons. The second kappa shape index (κ2) is 7.42. The first kappa shape index (κ1) is 18.9. The summed E-state index contributed by atoms with van der Waals surface area (Å²) in [5.74, 6) is 1.05. The summed E-state index contributed by atoms with van der Waals surface area (Å²) in [5, 5.41) is 0.220. The molecule has 0 N–H and O–H groups in total. The maximum Gasteiger partial charge on any atom is 0.255 e. The van der Waals surface area contributed by atoms with E-state index < -0.39 is 10.0 Å². The number of amides is 1. The molecule has 1 aliphatic rings. The summed E-state index contributed by atoms with van der Waals surface area (Å²) in [6.45, 7) is 3.11. The average Bonchev–Trinajstić information content (AvgIpc) is 3.26. The van der Waals surface area contributed by atoms with Crippen molar-refractivity contribution in [2.75, 3.05) is 20.1 Å². The van der Waals surface area contributed by atoms with E-state index in [0.717, 1.165) is 18.6 Å². The van der Waals surface area contributed by atoms with Gasteiger partial charge in [-0.15, -0.1) is 0 Å². The molecule has 2 aromatic rings. The van der Waals surface area contributed by atoms with Gasteiger partial charge in [-0.1, -0.05) is 11.6 Å². The van der Waals surface area contributed by atoms with E-state index in [1.807, 2.05) is 13.0 Å². The highest BCUT2D eigenvalue weighted by atomic mass is 35.5. The van der Waals surface area contributed by atoms with E-state index >= 15 is 0 Å². The van der Waals surface area contributed by atoms with Crippen LogP contribution in [0, 0.1) is 6.92 Å². The second-order valence-electron chi connectivity index (χ2n) is 6.43. The third-order valence-corrected chi connectivity index (χ3v) is 6.63. The zero-order valence-electron chi connectivity index (χ0n) is 14.7. The lowest BCUT2D eigenvalue weighted by molar-refractivity contribution is 0.0775. The number of aryl methyl sites for hydroxylation is 1. The molecule has 26 heavy (non-hydrogen) atoms. The Morgan fingerprint density at radius 2 is 1.92 bits per heavy atom. The van der Waals surface area contributed by atoms with Gasteiger partial charge in [0.15, 0.2) is 0 Å². The van der Waals surface area contributed by atoms with Crippen LogP contribution in [0.2, 0.25) is 5.02 Å². The Labute approximate surface area is 158 Å². The molecule has 0 unspecified atom stereocenters. The van der Waals surface area contributed by atoms with E-state index in [1.54, 1.807) is 13.1 Å². The van der Waals surface area contributed by atoms with Gasteiger partial charge < -0.3 is 9.32 Å². The summed E-state index contributed by atoms with van der Waals surface area (Å²) in [4.78, 5) is 14.3. The Morgan fingerprint density at radius 3 is 2.54 bits per heavy atom. The molecular weight excluding hydrogens is 376 g/mol. The van der Waals surface area contributed by atoms with Gasteiger partial charge in [0.1, 0.15) is 11.5 Å². The molecule has 1 aromatic heterocycles. The summed E-state index contributed by atoms with van der Waals surface area (Å²) < 4.78 is 32.4. The molecule has 6 nitrogen and oxygen atoms in total. The topological polar surface area (TPSA) is 70.8 Å². The van der Waals surface area contributed by atoms with Crippen LogP contribution in [0.5, 0.6) is 0 Å². The quantitative estimate of drug-likeness (QED) is 0.777. The minimum atomic E-state index is -3.61. The van der Waals surface area contributed by atoms with Gasteiger partial charge in [-0.25, -0.2) is 8.42 Å².